The van der Waals surface area contributed by atoms with E-state index in [4.69, 9.17) is 9.84 Å². The molecule has 0 aromatic heterocycles. The minimum absolute atomic E-state index is 0.0768. The first-order valence-electron chi connectivity index (χ1n) is 11.6. The molecule has 0 bridgehead atoms. The minimum Gasteiger partial charge on any atom is -0.481 e. The van der Waals surface area contributed by atoms with Gasteiger partial charge < -0.3 is 9.84 Å². The van der Waals surface area contributed by atoms with Crippen LogP contribution in [0.3, 0.4) is 0 Å². The standard InChI is InChI=1S/C24H44O4/c1-3-5-7-9-11-12-13-14-16-18-20-24(27)28-22(21-23(25)26)19-17-15-10-8-6-4-2/h3,22H,1,4-21H2,2H3,(H,25,26). The number of unbranched alkanes of at least 4 members (excludes halogenated alkanes) is 13. The summed E-state index contributed by atoms with van der Waals surface area (Å²) in [5.41, 5.74) is 0. The molecule has 1 N–H and O–H groups in total. The van der Waals surface area contributed by atoms with Gasteiger partial charge in [-0.05, 0) is 32.1 Å². The lowest BCUT2D eigenvalue weighted by Crippen LogP contribution is -2.21. The van der Waals surface area contributed by atoms with Crippen LogP contribution in [0.15, 0.2) is 12.7 Å². The lowest BCUT2D eigenvalue weighted by Gasteiger charge is -2.16. The number of allylic oxidation sites excluding steroid dienone is 1. The highest BCUT2D eigenvalue weighted by molar-refractivity contribution is 5.71. The summed E-state index contributed by atoms with van der Waals surface area (Å²) in [6.45, 7) is 5.92. The second-order valence-corrected chi connectivity index (χ2v) is 7.92. The van der Waals surface area contributed by atoms with E-state index in [1.54, 1.807) is 0 Å². The molecule has 0 spiro atoms. The van der Waals surface area contributed by atoms with E-state index in [1.807, 2.05) is 6.08 Å². The van der Waals surface area contributed by atoms with Crippen LogP contribution in [-0.4, -0.2) is 23.1 Å². The molecule has 4 nitrogen and oxygen atoms in total. The molecular formula is C24H44O4. The van der Waals surface area contributed by atoms with Crippen LogP contribution >= 0.6 is 0 Å². The van der Waals surface area contributed by atoms with E-state index >= 15 is 0 Å². The van der Waals surface area contributed by atoms with Crippen molar-refractivity contribution in [3.05, 3.63) is 12.7 Å². The molecule has 0 aromatic carbocycles. The zero-order valence-electron chi connectivity index (χ0n) is 18.3. The first-order valence-corrected chi connectivity index (χ1v) is 11.6. The number of hydrogen-bond donors (Lipinski definition) is 1. The third-order valence-electron chi connectivity index (χ3n) is 5.12. The Balaban J connectivity index is 3.75. The lowest BCUT2D eigenvalue weighted by molar-refractivity contribution is -0.153. The second-order valence-electron chi connectivity index (χ2n) is 7.92. The zero-order valence-corrected chi connectivity index (χ0v) is 18.3. The van der Waals surface area contributed by atoms with Gasteiger partial charge in [0.05, 0.1) is 6.42 Å². The third-order valence-corrected chi connectivity index (χ3v) is 5.12. The summed E-state index contributed by atoms with van der Waals surface area (Å²) in [7, 11) is 0. The Kier molecular flexibility index (Phi) is 19.5. The zero-order chi connectivity index (χ0) is 20.9. The molecule has 0 saturated heterocycles. The number of ether oxygens (including phenoxy) is 1. The summed E-state index contributed by atoms with van der Waals surface area (Å²) in [4.78, 5) is 23.0. The number of hydrogen-bond acceptors (Lipinski definition) is 3. The minimum atomic E-state index is -0.892. The Bertz CT molecular complexity index is 392. The average Bonchev–Trinajstić information content (AvgIpc) is 2.65. The molecule has 1 unspecified atom stereocenters. The Morgan fingerprint density at radius 2 is 1.39 bits per heavy atom. The number of aliphatic carboxylic acids is 1. The molecule has 0 heterocycles. The number of rotatable bonds is 21. The highest BCUT2D eigenvalue weighted by Gasteiger charge is 2.17. The smallest absolute Gasteiger partial charge is 0.307 e. The van der Waals surface area contributed by atoms with Crippen molar-refractivity contribution in [3.8, 4) is 0 Å². The van der Waals surface area contributed by atoms with Crippen molar-refractivity contribution < 1.29 is 19.4 Å². The fourth-order valence-corrected chi connectivity index (χ4v) is 3.41. The maximum Gasteiger partial charge on any atom is 0.307 e. The van der Waals surface area contributed by atoms with E-state index in [0.717, 1.165) is 38.5 Å². The summed E-state index contributed by atoms with van der Waals surface area (Å²) in [6.07, 6.45) is 19.9. The van der Waals surface area contributed by atoms with Gasteiger partial charge in [-0.1, -0.05) is 83.6 Å². The van der Waals surface area contributed by atoms with Gasteiger partial charge in [-0.15, -0.1) is 6.58 Å². The molecule has 0 amide bonds. The van der Waals surface area contributed by atoms with E-state index in [2.05, 4.69) is 13.5 Å². The number of carbonyl (C=O) groups is 2. The molecule has 0 aliphatic rings. The van der Waals surface area contributed by atoms with Crippen molar-refractivity contribution in [2.45, 2.75) is 129 Å². The maximum atomic E-state index is 12.0. The van der Waals surface area contributed by atoms with Crippen LogP contribution in [0.25, 0.3) is 0 Å². The van der Waals surface area contributed by atoms with Gasteiger partial charge in [0.25, 0.3) is 0 Å². The first kappa shape index (κ1) is 26.7. The van der Waals surface area contributed by atoms with Gasteiger partial charge in [0.1, 0.15) is 6.10 Å². The van der Waals surface area contributed by atoms with Gasteiger partial charge in [-0.25, -0.2) is 0 Å². The number of carboxylic acids is 1. The summed E-state index contributed by atoms with van der Waals surface area (Å²) in [5.74, 6) is -1.13. The van der Waals surface area contributed by atoms with Crippen molar-refractivity contribution in [1.82, 2.24) is 0 Å². The van der Waals surface area contributed by atoms with Crippen LogP contribution in [-0.2, 0) is 14.3 Å². The Hall–Kier alpha value is -1.32. The van der Waals surface area contributed by atoms with Crippen molar-refractivity contribution in [1.29, 1.82) is 0 Å². The Morgan fingerprint density at radius 1 is 0.857 bits per heavy atom. The highest BCUT2D eigenvalue weighted by atomic mass is 16.5. The van der Waals surface area contributed by atoms with Gasteiger partial charge in [0.15, 0.2) is 0 Å². The molecule has 0 saturated carbocycles. The quantitative estimate of drug-likeness (QED) is 0.126. The second kappa shape index (κ2) is 20.4. The van der Waals surface area contributed by atoms with E-state index in [-0.39, 0.29) is 12.4 Å². The molecular weight excluding hydrogens is 352 g/mol. The molecule has 0 aromatic rings. The molecule has 1 atom stereocenters. The topological polar surface area (TPSA) is 63.6 Å². The van der Waals surface area contributed by atoms with E-state index < -0.39 is 12.1 Å². The monoisotopic (exact) mass is 396 g/mol. The Labute approximate surface area is 173 Å². The summed E-state index contributed by atoms with van der Waals surface area (Å²) in [5, 5.41) is 9.04. The van der Waals surface area contributed by atoms with E-state index in [1.165, 1.54) is 57.8 Å². The average molecular weight is 397 g/mol. The van der Waals surface area contributed by atoms with Crippen molar-refractivity contribution in [3.63, 3.8) is 0 Å². The summed E-state index contributed by atoms with van der Waals surface area (Å²) in [6, 6.07) is 0. The van der Waals surface area contributed by atoms with Crippen molar-refractivity contribution in [2.75, 3.05) is 0 Å². The van der Waals surface area contributed by atoms with Crippen LogP contribution in [0.5, 0.6) is 0 Å². The molecule has 0 fully saturated rings. The van der Waals surface area contributed by atoms with Crippen molar-refractivity contribution >= 4 is 11.9 Å². The molecule has 4 heteroatoms. The maximum absolute atomic E-state index is 12.0. The fraction of sp³-hybridized carbons (Fsp3) is 0.833. The number of carboxylic acid groups (broad SMARTS) is 1. The third kappa shape index (κ3) is 19.4. The van der Waals surface area contributed by atoms with Crippen LogP contribution in [0.4, 0.5) is 0 Å². The van der Waals surface area contributed by atoms with Crippen LogP contribution in [0.1, 0.15) is 122 Å². The normalized spacial score (nSPS) is 11.9. The van der Waals surface area contributed by atoms with E-state index in [9.17, 15) is 9.59 Å². The predicted molar refractivity (Wildman–Crippen MR) is 116 cm³/mol. The van der Waals surface area contributed by atoms with Gasteiger partial charge in [-0.3, -0.25) is 9.59 Å². The van der Waals surface area contributed by atoms with E-state index in [0.29, 0.717) is 12.8 Å². The molecule has 0 aliphatic heterocycles. The summed E-state index contributed by atoms with van der Waals surface area (Å²) >= 11 is 0. The number of carbonyl (C=O) groups excluding carboxylic acids is 1. The first-order chi connectivity index (χ1) is 13.6. The number of esters is 1. The van der Waals surface area contributed by atoms with Crippen LogP contribution in [0, 0.1) is 0 Å². The molecule has 164 valence electrons. The largest absolute Gasteiger partial charge is 0.481 e. The van der Waals surface area contributed by atoms with Gasteiger partial charge in [0.2, 0.25) is 0 Å². The fourth-order valence-electron chi connectivity index (χ4n) is 3.41. The molecule has 0 rings (SSSR count). The lowest BCUT2D eigenvalue weighted by atomic mass is 10.0. The van der Waals surface area contributed by atoms with Crippen LogP contribution in [0.2, 0.25) is 0 Å². The van der Waals surface area contributed by atoms with Gasteiger partial charge in [0, 0.05) is 6.42 Å². The molecule has 0 aliphatic carbocycles. The Morgan fingerprint density at radius 3 is 1.96 bits per heavy atom. The molecule has 28 heavy (non-hydrogen) atoms. The van der Waals surface area contributed by atoms with Crippen molar-refractivity contribution in [2.24, 2.45) is 0 Å². The summed E-state index contributed by atoms with van der Waals surface area (Å²) < 4.78 is 5.44. The predicted octanol–water partition coefficient (Wildman–Crippen LogP) is 7.21. The molecule has 0 radical (unpaired) electrons. The van der Waals surface area contributed by atoms with Crippen LogP contribution < -0.4 is 0 Å². The van der Waals surface area contributed by atoms with Gasteiger partial charge in [-0.2, -0.15) is 0 Å². The van der Waals surface area contributed by atoms with Gasteiger partial charge >= 0.3 is 11.9 Å². The SMILES string of the molecule is C=CCCCCCCCCCCC(=O)OC(CCCCCCCC)CC(=O)O. The highest BCUT2D eigenvalue weighted by Crippen LogP contribution is 2.15.